The van der Waals surface area contributed by atoms with E-state index in [1.165, 1.54) is 0 Å². The predicted molar refractivity (Wildman–Crippen MR) is 300 cm³/mol. The third kappa shape index (κ3) is 13.0. The van der Waals surface area contributed by atoms with E-state index in [9.17, 15) is 97.0 Å². The molecule has 0 spiro atoms. The van der Waals surface area contributed by atoms with Crippen molar-refractivity contribution in [3.05, 3.63) is 11.6 Å². The molecule has 0 aromatic heterocycles. The number of rotatable bonds is 20. The zero-order valence-electron chi connectivity index (χ0n) is 51.8. The fourth-order valence-corrected chi connectivity index (χ4v) is 17.1. The third-order valence-corrected chi connectivity index (χ3v) is 22.9. The largest absolute Gasteiger partial charge is 0.394 e. The van der Waals surface area contributed by atoms with Gasteiger partial charge in [-0.2, -0.15) is 0 Å². The highest BCUT2D eigenvalue weighted by Gasteiger charge is 2.70. The number of hydrogen-bond acceptors (Lipinski definition) is 29. The van der Waals surface area contributed by atoms with Gasteiger partial charge in [-0.05, 0) is 99.7 Å². The second kappa shape index (κ2) is 27.6. The molecule has 0 amide bonds. The second-order valence-corrected chi connectivity index (χ2v) is 28.7. The summed E-state index contributed by atoms with van der Waals surface area (Å²) in [6, 6.07) is 0. The smallest absolute Gasteiger partial charge is 0.187 e. The van der Waals surface area contributed by atoms with E-state index in [0.29, 0.717) is 32.1 Å². The first-order valence-corrected chi connectivity index (χ1v) is 31.6. The number of aliphatic hydroxyl groups is 19. The summed E-state index contributed by atoms with van der Waals surface area (Å²) in [6.45, 7) is 12.4. The molecule has 29 heteroatoms. The minimum Gasteiger partial charge on any atom is -0.394 e. The van der Waals surface area contributed by atoms with Crippen LogP contribution in [0.1, 0.15) is 107 Å². The Morgan fingerprint density at radius 3 is 1.52 bits per heavy atom. The molecule has 516 valence electrons. The Hall–Kier alpha value is -1.42. The van der Waals surface area contributed by atoms with E-state index in [-0.39, 0.29) is 40.9 Å². The van der Waals surface area contributed by atoms with E-state index >= 15 is 0 Å². The van der Waals surface area contributed by atoms with Crippen LogP contribution in [0.5, 0.6) is 0 Å². The average Bonchev–Trinajstić information content (AvgIpc) is 1.66. The van der Waals surface area contributed by atoms with E-state index in [0.717, 1.165) is 18.4 Å². The van der Waals surface area contributed by atoms with Gasteiger partial charge >= 0.3 is 0 Å². The average molecular weight is 1290 g/mol. The minimum atomic E-state index is -1.90. The van der Waals surface area contributed by atoms with Crippen molar-refractivity contribution in [2.24, 2.45) is 45.3 Å². The molecule has 0 aromatic carbocycles. The molecule has 8 fully saturated rings. The standard InChI is InChI=1S/C60H102O29/c1-23(9-13-35(57(4,5)79)87-55-50(43(73)38(68)29(20-63)83-55)89-54-47(77)41(71)37(67)28(19-62)82-54)24-15-16-58(6)32-12-10-25-26(60(32,8)33(65)17-59(24,58)7)11-14-34(56(25,2)3)86-52-45(75)42(72)39(69)31(85-52)22-80-51-48(78)44(74)49(30(21-64)84-51)88-53-46(76)40(70)36(66)27(18-61)81-53/h10,23-24,26-55,61-79H,9,11-22H2,1-8H3/t23-,24-,26-,27?,28?,29?,30?,31?,32?,33-,34+,35?,36?,37?,38?,39?,40?,41?,42?,43?,44?,45?,46?,47?,48?,49?,50?,51?,52?,53?,54?,55?,58+,59-,60+/m1/s1. The van der Waals surface area contributed by atoms with Crippen LogP contribution in [-0.2, 0) is 47.4 Å². The summed E-state index contributed by atoms with van der Waals surface area (Å²) in [6.07, 6.45) is -37.2. The van der Waals surface area contributed by atoms with Crippen LogP contribution in [0, 0.1) is 45.3 Å². The highest BCUT2D eigenvalue weighted by Crippen LogP contribution is 2.75. The van der Waals surface area contributed by atoms with Gasteiger partial charge in [0.15, 0.2) is 31.5 Å². The van der Waals surface area contributed by atoms with E-state index in [1.807, 2.05) is 13.8 Å². The molecule has 29 nitrogen and oxygen atoms in total. The molecule has 4 aliphatic carbocycles. The number of ether oxygens (including phenoxy) is 10. The topological polar surface area (TPSA) is 477 Å². The summed E-state index contributed by atoms with van der Waals surface area (Å²) in [5.41, 5.74) is -2.36. The van der Waals surface area contributed by atoms with Crippen LogP contribution in [0.25, 0.3) is 0 Å². The van der Waals surface area contributed by atoms with Gasteiger partial charge in [-0.15, -0.1) is 0 Å². The molecule has 5 saturated heterocycles. The summed E-state index contributed by atoms with van der Waals surface area (Å²) in [5.74, 6) is 0.0910. The fraction of sp³-hybridized carbons (Fsp3) is 0.967. The van der Waals surface area contributed by atoms with E-state index in [2.05, 4.69) is 33.8 Å². The highest BCUT2D eigenvalue weighted by molar-refractivity contribution is 5.32. The number of hydrogen-bond donors (Lipinski definition) is 19. The molecule has 35 atom stereocenters. The maximum absolute atomic E-state index is 12.8. The summed E-state index contributed by atoms with van der Waals surface area (Å²) in [7, 11) is 0. The highest BCUT2D eigenvalue weighted by atomic mass is 16.8. The summed E-state index contributed by atoms with van der Waals surface area (Å²) >= 11 is 0. The van der Waals surface area contributed by atoms with Gasteiger partial charge in [-0.1, -0.05) is 53.2 Å². The first kappa shape index (κ1) is 71.9. The Kier molecular flexibility index (Phi) is 22.3. The Balaban J connectivity index is 0.840. The Morgan fingerprint density at radius 1 is 0.517 bits per heavy atom. The maximum atomic E-state index is 12.8. The Bertz CT molecular complexity index is 2350. The van der Waals surface area contributed by atoms with Gasteiger partial charge in [-0.3, -0.25) is 0 Å². The lowest BCUT2D eigenvalue weighted by molar-refractivity contribution is -0.375. The fourth-order valence-electron chi connectivity index (χ4n) is 17.1. The van der Waals surface area contributed by atoms with Crippen molar-refractivity contribution >= 4 is 0 Å². The third-order valence-electron chi connectivity index (χ3n) is 22.9. The Labute approximate surface area is 517 Å². The van der Waals surface area contributed by atoms with Crippen LogP contribution in [0.4, 0.5) is 0 Å². The molecular formula is C60H102O29. The van der Waals surface area contributed by atoms with E-state index in [4.69, 9.17) is 47.4 Å². The van der Waals surface area contributed by atoms with E-state index in [1.54, 1.807) is 13.8 Å². The number of fused-ring (bicyclic) bond motifs is 5. The molecule has 19 N–H and O–H groups in total. The van der Waals surface area contributed by atoms with Gasteiger partial charge in [0.2, 0.25) is 0 Å². The quantitative estimate of drug-likeness (QED) is 0.0506. The van der Waals surface area contributed by atoms with Crippen molar-refractivity contribution in [3.8, 4) is 0 Å². The van der Waals surface area contributed by atoms with Crippen LogP contribution >= 0.6 is 0 Å². The molecule has 89 heavy (non-hydrogen) atoms. The van der Waals surface area contributed by atoms with Crippen molar-refractivity contribution in [2.75, 3.05) is 33.0 Å². The second-order valence-electron chi connectivity index (χ2n) is 28.7. The van der Waals surface area contributed by atoms with Gasteiger partial charge in [0, 0.05) is 10.8 Å². The van der Waals surface area contributed by atoms with Crippen molar-refractivity contribution in [2.45, 2.75) is 284 Å². The molecular weight excluding hydrogens is 1180 g/mol. The van der Waals surface area contributed by atoms with Crippen LogP contribution < -0.4 is 0 Å². The van der Waals surface area contributed by atoms with Crippen LogP contribution in [-0.4, -0.2) is 308 Å². The van der Waals surface area contributed by atoms with Crippen molar-refractivity contribution < 1.29 is 144 Å². The molecule has 5 aliphatic heterocycles. The van der Waals surface area contributed by atoms with Crippen LogP contribution in [0.2, 0.25) is 0 Å². The molecule has 3 saturated carbocycles. The monoisotopic (exact) mass is 1290 g/mol. The number of aliphatic hydroxyl groups excluding tert-OH is 18. The lowest BCUT2D eigenvalue weighted by atomic mass is 9.38. The normalized spacial score (nSPS) is 51.8. The summed E-state index contributed by atoms with van der Waals surface area (Å²) in [5, 5.41) is 205. The van der Waals surface area contributed by atoms with Crippen molar-refractivity contribution in [1.82, 2.24) is 0 Å². The lowest BCUT2D eigenvalue weighted by Crippen LogP contribution is -2.65. The first-order valence-electron chi connectivity index (χ1n) is 31.6. The van der Waals surface area contributed by atoms with Gasteiger partial charge < -0.3 is 144 Å². The minimum absolute atomic E-state index is 0.0182. The Morgan fingerprint density at radius 2 is 0.978 bits per heavy atom. The molecule has 9 aliphatic rings. The zero-order valence-corrected chi connectivity index (χ0v) is 51.8. The van der Waals surface area contributed by atoms with Crippen molar-refractivity contribution in [3.63, 3.8) is 0 Å². The summed E-state index contributed by atoms with van der Waals surface area (Å²) < 4.78 is 59.1. The van der Waals surface area contributed by atoms with Crippen molar-refractivity contribution in [1.29, 1.82) is 0 Å². The molecule has 9 rings (SSSR count). The lowest BCUT2D eigenvalue weighted by Gasteiger charge is -2.67. The predicted octanol–water partition coefficient (Wildman–Crippen LogP) is -5.41. The molecule has 0 aromatic rings. The van der Waals surface area contributed by atoms with Gasteiger partial charge in [0.05, 0.1) is 56.9 Å². The number of allylic oxidation sites excluding steroid dienone is 1. The maximum Gasteiger partial charge on any atom is 0.187 e. The first-order chi connectivity index (χ1) is 41.7. The van der Waals surface area contributed by atoms with Crippen LogP contribution in [0.3, 0.4) is 0 Å². The van der Waals surface area contributed by atoms with E-state index < -0.39 is 221 Å². The summed E-state index contributed by atoms with van der Waals surface area (Å²) in [4.78, 5) is 0. The molecule has 0 radical (unpaired) electrons. The van der Waals surface area contributed by atoms with Gasteiger partial charge in [-0.25, -0.2) is 0 Å². The van der Waals surface area contributed by atoms with Gasteiger partial charge in [0.1, 0.15) is 122 Å². The van der Waals surface area contributed by atoms with Crippen LogP contribution in [0.15, 0.2) is 11.6 Å². The van der Waals surface area contributed by atoms with Gasteiger partial charge in [0.25, 0.3) is 0 Å². The molecule has 27 unspecified atom stereocenters. The molecule has 0 bridgehead atoms. The SMILES string of the molecule is C[C@H](CCC(OC1OC(CO)C(O)C(O)C1OC1OC(CO)C(O)C(O)C1O)C(C)(C)O)[C@H]1CC[C@@]2(C)C3CC=C4[C@@H](CC[C@H](OC5OC(COC6OC(CO)C(OC7OC(CO)C(O)C(O)C7O)C(O)C6O)C(O)C(O)C5O)C4(C)C)[C@]3(C)[C@H](O)C[C@]12C. The zero-order chi connectivity index (χ0) is 65.5. The molecule has 5 heterocycles.